The van der Waals surface area contributed by atoms with Crippen molar-refractivity contribution in [2.45, 2.75) is 110 Å². The van der Waals surface area contributed by atoms with Gasteiger partial charge in [-0.05, 0) is 62.7 Å². The standard InChI is InChI=1S/C23H41NO/c1-2-3-4-5-6-7-8-9-10-11-12-24-22(25)23-16-19-13-20(17-23)15-21(14-19)18-23/h19-21H,2-18H2,1H3,(H,24,25). The highest BCUT2D eigenvalue weighted by molar-refractivity contribution is 5.83. The summed E-state index contributed by atoms with van der Waals surface area (Å²) in [6.45, 7) is 3.19. The van der Waals surface area contributed by atoms with Crippen molar-refractivity contribution in [2.75, 3.05) is 6.54 Å². The van der Waals surface area contributed by atoms with Crippen molar-refractivity contribution in [3.63, 3.8) is 0 Å². The quantitative estimate of drug-likeness (QED) is 0.416. The second kappa shape index (κ2) is 9.42. The van der Waals surface area contributed by atoms with Gasteiger partial charge in [0.05, 0.1) is 0 Å². The first-order valence-electron chi connectivity index (χ1n) is 11.5. The van der Waals surface area contributed by atoms with E-state index in [1.54, 1.807) is 0 Å². The van der Waals surface area contributed by atoms with Crippen molar-refractivity contribution in [2.24, 2.45) is 23.2 Å². The van der Waals surface area contributed by atoms with Crippen LogP contribution in [0.2, 0.25) is 0 Å². The zero-order valence-electron chi connectivity index (χ0n) is 16.7. The van der Waals surface area contributed by atoms with E-state index in [2.05, 4.69) is 12.2 Å². The molecule has 1 N–H and O–H groups in total. The molecule has 0 unspecified atom stereocenters. The van der Waals surface area contributed by atoms with Gasteiger partial charge in [-0.1, -0.05) is 64.7 Å². The monoisotopic (exact) mass is 347 g/mol. The van der Waals surface area contributed by atoms with Gasteiger partial charge >= 0.3 is 0 Å². The fraction of sp³-hybridized carbons (Fsp3) is 0.957. The first-order chi connectivity index (χ1) is 12.2. The lowest BCUT2D eigenvalue weighted by Gasteiger charge is -2.55. The molecule has 0 atom stereocenters. The van der Waals surface area contributed by atoms with Crippen LogP contribution < -0.4 is 5.32 Å². The molecule has 0 aromatic heterocycles. The minimum absolute atomic E-state index is 0.0488. The minimum atomic E-state index is 0.0488. The second-order valence-corrected chi connectivity index (χ2v) is 9.64. The number of rotatable bonds is 12. The Labute approximate surface area is 155 Å². The zero-order chi connectivity index (χ0) is 17.5. The van der Waals surface area contributed by atoms with Crippen molar-refractivity contribution in [3.05, 3.63) is 0 Å². The molecule has 2 heteroatoms. The average Bonchev–Trinajstić information content (AvgIpc) is 2.58. The van der Waals surface area contributed by atoms with Crippen molar-refractivity contribution in [1.29, 1.82) is 0 Å². The molecule has 0 aromatic rings. The largest absolute Gasteiger partial charge is 0.356 e. The van der Waals surface area contributed by atoms with Gasteiger partial charge in [0.2, 0.25) is 5.91 Å². The number of hydrogen-bond acceptors (Lipinski definition) is 1. The first kappa shape index (κ1) is 19.2. The molecule has 1 amide bonds. The van der Waals surface area contributed by atoms with E-state index in [1.165, 1.54) is 103 Å². The van der Waals surface area contributed by atoms with E-state index >= 15 is 0 Å². The molecule has 0 radical (unpaired) electrons. The summed E-state index contributed by atoms with van der Waals surface area (Å²) in [5, 5.41) is 3.33. The van der Waals surface area contributed by atoms with Gasteiger partial charge < -0.3 is 5.32 Å². The Morgan fingerprint density at radius 1 is 0.760 bits per heavy atom. The van der Waals surface area contributed by atoms with Crippen molar-refractivity contribution in [3.8, 4) is 0 Å². The van der Waals surface area contributed by atoms with Crippen molar-refractivity contribution >= 4 is 5.91 Å². The first-order valence-corrected chi connectivity index (χ1v) is 11.5. The number of amides is 1. The fourth-order valence-electron chi connectivity index (χ4n) is 6.39. The molecule has 144 valence electrons. The van der Waals surface area contributed by atoms with E-state index in [9.17, 15) is 4.79 Å². The van der Waals surface area contributed by atoms with Crippen LogP contribution in [0.4, 0.5) is 0 Å². The van der Waals surface area contributed by atoms with E-state index in [-0.39, 0.29) is 5.41 Å². The number of nitrogens with one attached hydrogen (secondary N) is 1. The van der Waals surface area contributed by atoms with Gasteiger partial charge in [0, 0.05) is 12.0 Å². The summed E-state index contributed by atoms with van der Waals surface area (Å²) >= 11 is 0. The number of carbonyl (C=O) groups is 1. The van der Waals surface area contributed by atoms with E-state index < -0.39 is 0 Å². The molecular weight excluding hydrogens is 306 g/mol. The molecule has 0 aromatic carbocycles. The normalized spacial score (nSPS) is 32.9. The molecule has 0 spiro atoms. The van der Waals surface area contributed by atoms with Crippen LogP contribution in [0.5, 0.6) is 0 Å². The molecule has 4 aliphatic rings. The van der Waals surface area contributed by atoms with Gasteiger partial charge in [0.25, 0.3) is 0 Å². The summed E-state index contributed by atoms with van der Waals surface area (Å²) in [6, 6.07) is 0. The van der Waals surface area contributed by atoms with Crippen molar-refractivity contribution in [1.82, 2.24) is 5.32 Å². The van der Waals surface area contributed by atoms with Crippen LogP contribution in [0.3, 0.4) is 0 Å². The topological polar surface area (TPSA) is 29.1 Å². The lowest BCUT2D eigenvalue weighted by atomic mass is 9.49. The van der Waals surface area contributed by atoms with Crippen LogP contribution in [0.1, 0.15) is 110 Å². The highest BCUT2D eigenvalue weighted by Crippen LogP contribution is 2.60. The molecule has 4 bridgehead atoms. The third kappa shape index (κ3) is 5.23. The fourth-order valence-corrected chi connectivity index (χ4v) is 6.39. The van der Waals surface area contributed by atoms with Gasteiger partial charge in [-0.25, -0.2) is 0 Å². The Morgan fingerprint density at radius 3 is 1.68 bits per heavy atom. The highest BCUT2D eigenvalue weighted by Gasteiger charge is 2.54. The number of hydrogen-bond donors (Lipinski definition) is 1. The van der Waals surface area contributed by atoms with E-state index in [0.717, 1.165) is 24.3 Å². The maximum atomic E-state index is 12.8. The van der Waals surface area contributed by atoms with E-state index in [4.69, 9.17) is 0 Å². The lowest BCUT2D eigenvalue weighted by Crippen LogP contribution is -2.53. The summed E-state index contributed by atoms with van der Waals surface area (Å²) in [5.41, 5.74) is 0.0488. The molecule has 4 rings (SSSR count). The SMILES string of the molecule is CCCCCCCCCCCCNC(=O)C12CC3CC(CC(C3)C1)C2. The van der Waals surface area contributed by atoms with Crippen molar-refractivity contribution < 1.29 is 4.79 Å². The molecule has 4 fully saturated rings. The number of carbonyl (C=O) groups excluding carboxylic acids is 1. The molecule has 25 heavy (non-hydrogen) atoms. The smallest absolute Gasteiger partial charge is 0.226 e. The van der Waals surface area contributed by atoms with E-state index in [0.29, 0.717) is 5.91 Å². The molecule has 0 aliphatic heterocycles. The van der Waals surface area contributed by atoms with Crippen LogP contribution >= 0.6 is 0 Å². The lowest BCUT2D eigenvalue weighted by molar-refractivity contribution is -0.146. The maximum Gasteiger partial charge on any atom is 0.226 e. The maximum absolute atomic E-state index is 12.8. The second-order valence-electron chi connectivity index (χ2n) is 9.64. The van der Waals surface area contributed by atoms with Crippen LogP contribution in [0, 0.1) is 23.2 Å². The third-order valence-corrected chi connectivity index (χ3v) is 7.34. The van der Waals surface area contributed by atoms with Gasteiger partial charge in [-0.3, -0.25) is 4.79 Å². The Hall–Kier alpha value is -0.530. The van der Waals surface area contributed by atoms with Crippen LogP contribution in [0.15, 0.2) is 0 Å². The Bertz CT molecular complexity index is 381. The highest BCUT2D eigenvalue weighted by atomic mass is 16.2. The zero-order valence-corrected chi connectivity index (χ0v) is 16.7. The molecule has 4 saturated carbocycles. The van der Waals surface area contributed by atoms with Gasteiger partial charge in [0.15, 0.2) is 0 Å². The summed E-state index contributed by atoms with van der Waals surface area (Å²) in [4.78, 5) is 12.8. The van der Waals surface area contributed by atoms with Gasteiger partial charge in [0.1, 0.15) is 0 Å². The summed E-state index contributed by atoms with van der Waals surface area (Å²) in [6.07, 6.45) is 21.5. The Balaban J connectivity index is 1.22. The van der Waals surface area contributed by atoms with Gasteiger partial charge in [-0.2, -0.15) is 0 Å². The molecule has 0 saturated heterocycles. The van der Waals surface area contributed by atoms with E-state index in [1.807, 2.05) is 0 Å². The summed E-state index contributed by atoms with van der Waals surface area (Å²) in [5.74, 6) is 3.03. The van der Waals surface area contributed by atoms with Crippen LogP contribution in [-0.2, 0) is 4.79 Å². The van der Waals surface area contributed by atoms with Crippen LogP contribution in [0.25, 0.3) is 0 Å². The van der Waals surface area contributed by atoms with Crippen LogP contribution in [-0.4, -0.2) is 12.5 Å². The predicted octanol–water partition coefficient (Wildman–Crippen LogP) is 6.24. The molecule has 4 aliphatic carbocycles. The predicted molar refractivity (Wildman–Crippen MR) is 105 cm³/mol. The molecular formula is C23H41NO. The Kier molecular flexibility index (Phi) is 7.25. The Morgan fingerprint density at radius 2 is 1.20 bits per heavy atom. The number of unbranched alkanes of at least 4 members (excludes halogenated alkanes) is 9. The summed E-state index contributed by atoms with van der Waals surface area (Å²) < 4.78 is 0. The third-order valence-electron chi connectivity index (χ3n) is 7.34. The van der Waals surface area contributed by atoms with Gasteiger partial charge in [-0.15, -0.1) is 0 Å². The summed E-state index contributed by atoms with van der Waals surface area (Å²) in [7, 11) is 0. The average molecular weight is 348 g/mol. The molecule has 2 nitrogen and oxygen atoms in total. The minimum Gasteiger partial charge on any atom is -0.356 e. The molecule has 0 heterocycles.